The molecule has 4 aromatic rings. The molecule has 0 aliphatic rings. The minimum Gasteiger partial charge on any atom is -0.144 e. The Hall–Kier alpha value is -0.693. The predicted octanol–water partition coefficient (Wildman–Crippen LogP) is 7.63. The van der Waals surface area contributed by atoms with Gasteiger partial charge in [0.1, 0.15) is 8.07 Å². The van der Waals surface area contributed by atoms with Crippen LogP contribution in [0.3, 0.4) is 0 Å². The molecule has 0 radical (unpaired) electrons. The maximum absolute atomic E-state index is 6.18. The average Bonchev–Trinajstić information content (AvgIpc) is 3.41. The lowest BCUT2D eigenvalue weighted by atomic mass is 10.3. The number of alkyl halides is 1. The molecule has 0 amide bonds. The SMILES string of the molecule is C[Si](C)(CCl)c1ccc(-c2ccc(-c3ccc(-c4cccs4)s3)s2)s1. The van der Waals surface area contributed by atoms with E-state index in [1.807, 2.05) is 34.0 Å². The minimum atomic E-state index is -1.46. The maximum Gasteiger partial charge on any atom is 0.108 e. The van der Waals surface area contributed by atoms with Crippen molar-refractivity contribution in [1.29, 1.82) is 0 Å². The standard InChI is InChI=1S/C19H17ClS4Si/c1-25(2,12-20)19-10-9-18(24-19)17-8-7-16(23-17)15-6-5-14(22-15)13-4-3-11-21-13/h3-11H,12H2,1-2H3. The van der Waals surface area contributed by atoms with Crippen molar-refractivity contribution in [2.75, 3.05) is 5.50 Å². The van der Waals surface area contributed by atoms with Gasteiger partial charge in [0.05, 0.1) is 0 Å². The van der Waals surface area contributed by atoms with E-state index in [4.69, 9.17) is 11.6 Å². The molecule has 0 N–H and O–H groups in total. The third kappa shape index (κ3) is 3.59. The molecule has 0 aromatic carbocycles. The van der Waals surface area contributed by atoms with E-state index in [2.05, 4.69) is 67.0 Å². The minimum absolute atomic E-state index is 0.781. The Morgan fingerprint density at radius 3 is 1.76 bits per heavy atom. The topological polar surface area (TPSA) is 0 Å². The summed E-state index contributed by atoms with van der Waals surface area (Å²) < 4.78 is 1.49. The second-order valence-electron chi connectivity index (χ2n) is 6.49. The van der Waals surface area contributed by atoms with Crippen LogP contribution in [0.2, 0.25) is 13.1 Å². The van der Waals surface area contributed by atoms with E-state index in [9.17, 15) is 0 Å². The van der Waals surface area contributed by atoms with Gasteiger partial charge in [-0.25, -0.2) is 0 Å². The third-order valence-electron chi connectivity index (χ3n) is 4.07. The molecule has 4 heterocycles. The highest BCUT2D eigenvalue weighted by Crippen LogP contribution is 2.41. The first kappa shape index (κ1) is 17.7. The van der Waals surface area contributed by atoms with Gasteiger partial charge < -0.3 is 0 Å². The Kier molecular flexibility index (Phi) is 5.06. The van der Waals surface area contributed by atoms with Gasteiger partial charge in [-0.15, -0.1) is 56.9 Å². The molecule has 0 spiro atoms. The Balaban J connectivity index is 1.61. The largest absolute Gasteiger partial charge is 0.144 e. The van der Waals surface area contributed by atoms with Crippen molar-refractivity contribution >= 4 is 69.5 Å². The number of thiophene rings is 4. The molecular formula is C19H17ClS4Si. The zero-order valence-corrected chi connectivity index (χ0v) is 18.9. The smallest absolute Gasteiger partial charge is 0.108 e. The van der Waals surface area contributed by atoms with E-state index in [0.29, 0.717) is 0 Å². The van der Waals surface area contributed by atoms with Crippen LogP contribution in [0, 0.1) is 0 Å². The average molecular weight is 437 g/mol. The highest BCUT2D eigenvalue weighted by Gasteiger charge is 2.24. The summed E-state index contributed by atoms with van der Waals surface area (Å²) in [6, 6.07) is 17.9. The van der Waals surface area contributed by atoms with Crippen molar-refractivity contribution in [2.45, 2.75) is 13.1 Å². The molecular weight excluding hydrogens is 420 g/mol. The van der Waals surface area contributed by atoms with Gasteiger partial charge in [0.15, 0.2) is 0 Å². The van der Waals surface area contributed by atoms with Crippen LogP contribution >= 0.6 is 56.9 Å². The van der Waals surface area contributed by atoms with Crippen LogP contribution in [0.4, 0.5) is 0 Å². The molecule has 128 valence electrons. The van der Waals surface area contributed by atoms with Crippen molar-refractivity contribution in [1.82, 2.24) is 0 Å². The monoisotopic (exact) mass is 436 g/mol. The summed E-state index contributed by atoms with van der Waals surface area (Å²) in [5.74, 6) is 0. The number of hydrogen-bond donors (Lipinski definition) is 0. The van der Waals surface area contributed by atoms with Gasteiger partial charge in [-0.05, 0) is 46.3 Å². The number of hydrogen-bond acceptors (Lipinski definition) is 4. The molecule has 0 saturated heterocycles. The van der Waals surface area contributed by atoms with Crippen molar-refractivity contribution in [3.8, 4) is 29.3 Å². The van der Waals surface area contributed by atoms with E-state index in [1.54, 1.807) is 11.3 Å². The highest BCUT2D eigenvalue weighted by molar-refractivity contribution is 7.32. The summed E-state index contributed by atoms with van der Waals surface area (Å²) in [7, 11) is -1.46. The van der Waals surface area contributed by atoms with E-state index < -0.39 is 8.07 Å². The van der Waals surface area contributed by atoms with Gasteiger partial charge in [0.25, 0.3) is 0 Å². The summed E-state index contributed by atoms with van der Waals surface area (Å²) in [6.07, 6.45) is 0. The third-order valence-corrected chi connectivity index (χ3v) is 14.7. The quantitative estimate of drug-likeness (QED) is 0.223. The second kappa shape index (κ2) is 7.14. The summed E-state index contributed by atoms with van der Waals surface area (Å²) in [6.45, 7) is 4.68. The Morgan fingerprint density at radius 2 is 1.24 bits per heavy atom. The molecule has 0 atom stereocenters. The van der Waals surface area contributed by atoms with Crippen LogP contribution in [0.15, 0.2) is 53.9 Å². The van der Waals surface area contributed by atoms with Gasteiger partial charge in [0.2, 0.25) is 0 Å². The molecule has 4 aromatic heterocycles. The Labute approximate surface area is 170 Å². The van der Waals surface area contributed by atoms with E-state index >= 15 is 0 Å². The van der Waals surface area contributed by atoms with Crippen molar-refractivity contribution < 1.29 is 0 Å². The van der Waals surface area contributed by atoms with Gasteiger partial charge in [0, 0.05) is 34.8 Å². The number of rotatable bonds is 5. The fourth-order valence-electron chi connectivity index (χ4n) is 2.52. The Morgan fingerprint density at radius 1 is 0.720 bits per heavy atom. The predicted molar refractivity (Wildman–Crippen MR) is 122 cm³/mol. The van der Waals surface area contributed by atoms with Gasteiger partial charge >= 0.3 is 0 Å². The lowest BCUT2D eigenvalue weighted by Gasteiger charge is -2.15. The number of halogens is 1. The van der Waals surface area contributed by atoms with Crippen molar-refractivity contribution in [3.63, 3.8) is 0 Å². The molecule has 0 nitrogen and oxygen atoms in total. The molecule has 0 fully saturated rings. The lowest BCUT2D eigenvalue weighted by Crippen LogP contribution is -2.41. The summed E-state index contributed by atoms with van der Waals surface area (Å²) >= 11 is 13.7. The highest BCUT2D eigenvalue weighted by atomic mass is 35.5. The summed E-state index contributed by atoms with van der Waals surface area (Å²) in [4.78, 5) is 8.14. The van der Waals surface area contributed by atoms with Crippen LogP contribution in [-0.2, 0) is 0 Å². The maximum atomic E-state index is 6.18. The molecule has 0 aliphatic heterocycles. The van der Waals surface area contributed by atoms with Crippen molar-refractivity contribution in [2.24, 2.45) is 0 Å². The molecule has 0 aliphatic carbocycles. The van der Waals surface area contributed by atoms with Crippen molar-refractivity contribution in [3.05, 3.63) is 53.9 Å². The zero-order valence-electron chi connectivity index (χ0n) is 13.9. The van der Waals surface area contributed by atoms with Crippen LogP contribution in [0.1, 0.15) is 0 Å². The first-order valence-corrected chi connectivity index (χ1v) is 15.0. The first-order chi connectivity index (χ1) is 12.1. The van der Waals surface area contributed by atoms with Crippen LogP contribution < -0.4 is 4.50 Å². The molecule has 6 heteroatoms. The normalized spacial score (nSPS) is 12.0. The summed E-state index contributed by atoms with van der Waals surface area (Å²) in [5.41, 5.74) is 0.781. The van der Waals surface area contributed by atoms with Crippen LogP contribution in [0.25, 0.3) is 29.3 Å². The van der Waals surface area contributed by atoms with Gasteiger partial charge in [-0.1, -0.05) is 25.2 Å². The molecule has 0 bridgehead atoms. The molecule has 0 unspecified atom stereocenters. The zero-order chi connectivity index (χ0) is 17.4. The Bertz CT molecular complexity index is 975. The lowest BCUT2D eigenvalue weighted by molar-refractivity contribution is 1.74. The summed E-state index contributed by atoms with van der Waals surface area (Å²) in [5, 5.41) is 2.14. The fraction of sp³-hybridized carbons (Fsp3) is 0.158. The van der Waals surface area contributed by atoms with E-state index in [1.165, 1.54) is 33.8 Å². The molecule has 25 heavy (non-hydrogen) atoms. The van der Waals surface area contributed by atoms with Crippen LogP contribution in [0.5, 0.6) is 0 Å². The van der Waals surface area contributed by atoms with Gasteiger partial charge in [-0.2, -0.15) is 0 Å². The molecule has 0 saturated carbocycles. The first-order valence-electron chi connectivity index (χ1n) is 7.97. The second-order valence-corrected chi connectivity index (χ2v) is 16.4. The van der Waals surface area contributed by atoms with E-state index in [-0.39, 0.29) is 0 Å². The molecule has 4 rings (SSSR count). The van der Waals surface area contributed by atoms with Crippen LogP contribution in [-0.4, -0.2) is 13.6 Å². The van der Waals surface area contributed by atoms with E-state index in [0.717, 1.165) is 5.50 Å². The fourth-order valence-corrected chi connectivity index (χ4v) is 9.30. The van der Waals surface area contributed by atoms with Gasteiger partial charge in [-0.3, -0.25) is 0 Å².